The van der Waals surface area contributed by atoms with E-state index in [1.54, 1.807) is 18.2 Å². The Morgan fingerprint density at radius 1 is 1.38 bits per heavy atom. The summed E-state index contributed by atoms with van der Waals surface area (Å²) < 4.78 is 0.769. The lowest BCUT2D eigenvalue weighted by Crippen LogP contribution is -2.33. The van der Waals surface area contributed by atoms with Crippen LogP contribution in [0.3, 0.4) is 0 Å². The van der Waals surface area contributed by atoms with Crippen molar-refractivity contribution in [1.29, 1.82) is 0 Å². The molecule has 0 radical (unpaired) electrons. The summed E-state index contributed by atoms with van der Waals surface area (Å²) in [6, 6.07) is 5.29. The van der Waals surface area contributed by atoms with Gasteiger partial charge in [0.1, 0.15) is 0 Å². The standard InChI is InChI=1S/C12H13BrN2O/c13-10-8-9(4-5-11(10)14)12(16)15-6-2-1-3-7-15/h1-2,4-5,8H,3,6-7,14H2. The van der Waals surface area contributed by atoms with E-state index in [1.807, 2.05) is 11.0 Å². The van der Waals surface area contributed by atoms with E-state index in [4.69, 9.17) is 5.73 Å². The van der Waals surface area contributed by atoms with Gasteiger partial charge in [-0.05, 0) is 40.5 Å². The zero-order valence-electron chi connectivity index (χ0n) is 8.82. The van der Waals surface area contributed by atoms with Crippen LogP contribution in [0.25, 0.3) is 0 Å². The second-order valence-electron chi connectivity index (χ2n) is 3.75. The molecule has 1 aromatic carbocycles. The van der Waals surface area contributed by atoms with E-state index in [1.165, 1.54) is 0 Å². The molecule has 0 spiro atoms. The van der Waals surface area contributed by atoms with Gasteiger partial charge < -0.3 is 10.6 Å². The molecule has 84 valence electrons. The predicted octanol–water partition coefficient (Wildman–Crippen LogP) is 2.43. The Kier molecular flexibility index (Phi) is 3.29. The summed E-state index contributed by atoms with van der Waals surface area (Å²) in [7, 11) is 0. The number of amides is 1. The Hall–Kier alpha value is -1.29. The average Bonchev–Trinajstić information content (AvgIpc) is 2.33. The van der Waals surface area contributed by atoms with E-state index >= 15 is 0 Å². The third-order valence-electron chi connectivity index (χ3n) is 2.59. The predicted molar refractivity (Wildman–Crippen MR) is 68.2 cm³/mol. The molecule has 0 fully saturated rings. The highest BCUT2D eigenvalue weighted by molar-refractivity contribution is 9.10. The first-order chi connectivity index (χ1) is 7.68. The molecule has 16 heavy (non-hydrogen) atoms. The van der Waals surface area contributed by atoms with Crippen molar-refractivity contribution in [1.82, 2.24) is 4.90 Å². The molecule has 1 heterocycles. The topological polar surface area (TPSA) is 46.3 Å². The molecule has 0 saturated heterocycles. The van der Waals surface area contributed by atoms with E-state index in [0.717, 1.165) is 17.4 Å². The van der Waals surface area contributed by atoms with Gasteiger partial charge in [-0.2, -0.15) is 0 Å². The third kappa shape index (κ3) is 2.27. The molecule has 1 aromatic rings. The van der Waals surface area contributed by atoms with E-state index < -0.39 is 0 Å². The Bertz CT molecular complexity index is 443. The minimum Gasteiger partial charge on any atom is -0.398 e. The first-order valence-corrected chi connectivity index (χ1v) is 5.97. The van der Waals surface area contributed by atoms with E-state index in [0.29, 0.717) is 17.8 Å². The minimum absolute atomic E-state index is 0.0602. The maximum Gasteiger partial charge on any atom is 0.254 e. The van der Waals surface area contributed by atoms with Gasteiger partial charge in [0.05, 0.1) is 0 Å². The molecule has 0 saturated carbocycles. The summed E-state index contributed by atoms with van der Waals surface area (Å²) in [6.45, 7) is 1.48. The van der Waals surface area contributed by atoms with E-state index in [9.17, 15) is 4.79 Å². The molecule has 3 nitrogen and oxygen atoms in total. The summed E-state index contributed by atoms with van der Waals surface area (Å²) in [5, 5.41) is 0. The molecular weight excluding hydrogens is 268 g/mol. The van der Waals surface area contributed by atoms with Crippen molar-refractivity contribution in [3.8, 4) is 0 Å². The summed E-state index contributed by atoms with van der Waals surface area (Å²) in [5.74, 6) is 0.0602. The van der Waals surface area contributed by atoms with Crippen LogP contribution in [0.4, 0.5) is 5.69 Å². The molecule has 0 bridgehead atoms. The van der Waals surface area contributed by atoms with Crippen LogP contribution in [-0.2, 0) is 0 Å². The average molecular weight is 281 g/mol. The van der Waals surface area contributed by atoms with Crippen LogP contribution >= 0.6 is 15.9 Å². The van der Waals surface area contributed by atoms with Gasteiger partial charge in [-0.3, -0.25) is 4.79 Å². The van der Waals surface area contributed by atoms with Gasteiger partial charge in [-0.1, -0.05) is 12.2 Å². The van der Waals surface area contributed by atoms with Crippen LogP contribution in [0, 0.1) is 0 Å². The Labute approximate surface area is 103 Å². The van der Waals surface area contributed by atoms with Crippen molar-refractivity contribution in [3.63, 3.8) is 0 Å². The molecule has 2 rings (SSSR count). The molecule has 0 aliphatic carbocycles. The van der Waals surface area contributed by atoms with Gasteiger partial charge in [0.15, 0.2) is 0 Å². The molecule has 1 aliphatic rings. The normalized spacial score (nSPS) is 15.2. The number of hydrogen-bond donors (Lipinski definition) is 1. The highest BCUT2D eigenvalue weighted by atomic mass is 79.9. The van der Waals surface area contributed by atoms with Crippen molar-refractivity contribution in [2.45, 2.75) is 6.42 Å². The third-order valence-corrected chi connectivity index (χ3v) is 3.28. The van der Waals surface area contributed by atoms with Crippen LogP contribution < -0.4 is 5.73 Å². The van der Waals surface area contributed by atoms with Crippen LogP contribution in [0.2, 0.25) is 0 Å². The van der Waals surface area contributed by atoms with Crippen LogP contribution in [0.15, 0.2) is 34.8 Å². The molecular formula is C12H13BrN2O. The van der Waals surface area contributed by atoms with Crippen LogP contribution in [-0.4, -0.2) is 23.9 Å². The van der Waals surface area contributed by atoms with Gasteiger partial charge in [0, 0.05) is 28.8 Å². The number of carbonyl (C=O) groups excluding carboxylic acids is 1. The lowest BCUT2D eigenvalue weighted by molar-refractivity contribution is 0.0771. The SMILES string of the molecule is Nc1ccc(C(=O)N2CC=CCC2)cc1Br. The molecule has 0 aromatic heterocycles. The van der Waals surface area contributed by atoms with E-state index in [-0.39, 0.29) is 5.91 Å². The lowest BCUT2D eigenvalue weighted by atomic mass is 10.1. The van der Waals surface area contributed by atoms with Crippen molar-refractivity contribution < 1.29 is 4.79 Å². The number of halogens is 1. The van der Waals surface area contributed by atoms with Gasteiger partial charge in [0.25, 0.3) is 5.91 Å². The number of nitrogens with two attached hydrogens (primary N) is 1. The second kappa shape index (κ2) is 4.70. The molecule has 1 amide bonds. The van der Waals surface area contributed by atoms with Gasteiger partial charge in [-0.25, -0.2) is 0 Å². The fraction of sp³-hybridized carbons (Fsp3) is 0.250. The van der Waals surface area contributed by atoms with Gasteiger partial charge >= 0.3 is 0 Å². The highest BCUT2D eigenvalue weighted by Crippen LogP contribution is 2.21. The molecule has 1 aliphatic heterocycles. The summed E-state index contributed by atoms with van der Waals surface area (Å²) >= 11 is 3.33. The maximum atomic E-state index is 12.1. The smallest absolute Gasteiger partial charge is 0.254 e. The number of carbonyl (C=O) groups is 1. The summed E-state index contributed by atoms with van der Waals surface area (Å²) in [4.78, 5) is 13.9. The zero-order chi connectivity index (χ0) is 11.5. The largest absolute Gasteiger partial charge is 0.398 e. The zero-order valence-corrected chi connectivity index (χ0v) is 10.4. The number of benzene rings is 1. The Morgan fingerprint density at radius 2 is 2.19 bits per heavy atom. The molecule has 0 unspecified atom stereocenters. The minimum atomic E-state index is 0.0602. The number of rotatable bonds is 1. The number of hydrogen-bond acceptors (Lipinski definition) is 2. The number of nitrogens with zero attached hydrogens (tertiary/aromatic N) is 1. The van der Waals surface area contributed by atoms with Gasteiger partial charge in [-0.15, -0.1) is 0 Å². The Morgan fingerprint density at radius 3 is 2.81 bits per heavy atom. The van der Waals surface area contributed by atoms with Crippen molar-refractivity contribution >= 4 is 27.5 Å². The summed E-state index contributed by atoms with van der Waals surface area (Å²) in [5.41, 5.74) is 7.01. The number of anilines is 1. The Balaban J connectivity index is 2.20. The first-order valence-electron chi connectivity index (χ1n) is 5.18. The fourth-order valence-corrected chi connectivity index (χ4v) is 2.05. The molecule has 4 heteroatoms. The summed E-state index contributed by atoms with van der Waals surface area (Å²) in [6.07, 6.45) is 5.05. The van der Waals surface area contributed by atoms with Gasteiger partial charge in [0.2, 0.25) is 0 Å². The maximum absolute atomic E-state index is 12.1. The lowest BCUT2D eigenvalue weighted by Gasteiger charge is -2.23. The monoisotopic (exact) mass is 280 g/mol. The fourth-order valence-electron chi connectivity index (χ4n) is 1.67. The highest BCUT2D eigenvalue weighted by Gasteiger charge is 2.16. The first kappa shape index (κ1) is 11.2. The van der Waals surface area contributed by atoms with Crippen LogP contribution in [0.5, 0.6) is 0 Å². The second-order valence-corrected chi connectivity index (χ2v) is 4.60. The van der Waals surface area contributed by atoms with Crippen LogP contribution in [0.1, 0.15) is 16.8 Å². The van der Waals surface area contributed by atoms with Crippen molar-refractivity contribution in [3.05, 3.63) is 40.4 Å². The van der Waals surface area contributed by atoms with E-state index in [2.05, 4.69) is 22.0 Å². The van der Waals surface area contributed by atoms with Crippen molar-refractivity contribution in [2.24, 2.45) is 0 Å². The number of nitrogen functional groups attached to an aromatic ring is 1. The van der Waals surface area contributed by atoms with Crippen molar-refractivity contribution in [2.75, 3.05) is 18.8 Å². The molecule has 0 atom stereocenters. The molecule has 2 N–H and O–H groups in total. The quantitative estimate of drug-likeness (QED) is 0.634.